The van der Waals surface area contributed by atoms with E-state index in [4.69, 9.17) is 30.6 Å². The van der Waals surface area contributed by atoms with E-state index in [0.29, 0.717) is 0 Å². The molecule has 0 aromatic carbocycles. The SMILES string of the molecule is O=[N+]([O-])[O-].O=[N+]([O-])[O-].[Pt+2].c1ccc(-c2cccnc2-c2ccccn2)nc1. The van der Waals surface area contributed by atoms with Crippen molar-refractivity contribution in [2.75, 3.05) is 0 Å². The number of hydrogen-bond donors (Lipinski definition) is 0. The minimum absolute atomic E-state index is 0. The van der Waals surface area contributed by atoms with Gasteiger partial charge in [-0.15, -0.1) is 0 Å². The van der Waals surface area contributed by atoms with E-state index in [1.54, 1.807) is 18.6 Å². The number of aromatic nitrogens is 3. The Morgan fingerprint density at radius 2 is 1.07 bits per heavy atom. The van der Waals surface area contributed by atoms with Crippen molar-refractivity contribution in [3.63, 3.8) is 0 Å². The summed E-state index contributed by atoms with van der Waals surface area (Å²) in [5, 5.41) is 29.5. The molecule has 0 amide bonds. The smallest absolute Gasteiger partial charge is 0.356 e. The molecule has 11 nitrogen and oxygen atoms in total. The Balaban J connectivity index is 0.000000646. The molecule has 0 fully saturated rings. The van der Waals surface area contributed by atoms with E-state index in [9.17, 15) is 0 Å². The summed E-state index contributed by atoms with van der Waals surface area (Å²) in [7, 11) is 0. The fourth-order valence-corrected chi connectivity index (χ4v) is 1.84. The second-order valence-electron chi connectivity index (χ2n) is 4.28. The zero-order valence-corrected chi connectivity index (χ0v) is 15.6. The fourth-order valence-electron chi connectivity index (χ4n) is 1.84. The monoisotopic (exact) mass is 552 g/mol. The van der Waals surface area contributed by atoms with Crippen LogP contribution in [-0.4, -0.2) is 25.1 Å². The average Bonchev–Trinajstić information content (AvgIpc) is 2.62. The molecule has 0 radical (unpaired) electrons. The van der Waals surface area contributed by atoms with E-state index >= 15 is 0 Å². The van der Waals surface area contributed by atoms with Crippen molar-refractivity contribution in [1.82, 2.24) is 15.0 Å². The summed E-state index contributed by atoms with van der Waals surface area (Å²) in [6.45, 7) is 0. The maximum absolute atomic E-state index is 8.25. The van der Waals surface area contributed by atoms with Crippen molar-refractivity contribution < 1.29 is 31.2 Å². The molecule has 0 bridgehead atoms. The summed E-state index contributed by atoms with van der Waals surface area (Å²) in [5.74, 6) is 0. The third-order valence-corrected chi connectivity index (χ3v) is 2.66. The van der Waals surface area contributed by atoms with Gasteiger partial charge in [0.2, 0.25) is 0 Å². The molecule has 0 spiro atoms. The zero-order valence-electron chi connectivity index (χ0n) is 13.4. The quantitative estimate of drug-likeness (QED) is 0.342. The van der Waals surface area contributed by atoms with Crippen LogP contribution < -0.4 is 0 Å². The third kappa shape index (κ3) is 9.56. The van der Waals surface area contributed by atoms with Gasteiger partial charge in [-0.2, -0.15) is 0 Å². The van der Waals surface area contributed by atoms with Crippen LogP contribution in [0.4, 0.5) is 0 Å². The summed E-state index contributed by atoms with van der Waals surface area (Å²) in [4.78, 5) is 29.6. The molecule has 0 aliphatic heterocycles. The molecular formula is C15H11N5O6Pt. The van der Waals surface area contributed by atoms with Crippen LogP contribution in [0.5, 0.6) is 0 Å². The van der Waals surface area contributed by atoms with Crippen molar-refractivity contribution in [3.8, 4) is 22.6 Å². The fraction of sp³-hybridized carbons (Fsp3) is 0. The molecule has 0 aliphatic carbocycles. The standard InChI is InChI=1S/C15H11N3.2NO3.Pt/c1-3-9-16-13(7-1)12-6-5-11-18-15(12)14-8-2-4-10-17-14;2*2-1(3)4;/h1-11H;;;/q;2*-1;+2. The van der Waals surface area contributed by atoms with Crippen LogP contribution in [0.15, 0.2) is 67.1 Å². The Hall–Kier alpha value is -3.46. The van der Waals surface area contributed by atoms with E-state index < -0.39 is 10.2 Å². The van der Waals surface area contributed by atoms with Gasteiger partial charge in [0.1, 0.15) is 0 Å². The molecule has 0 unspecified atom stereocenters. The minimum atomic E-state index is -1.75. The molecular weight excluding hydrogens is 541 g/mol. The van der Waals surface area contributed by atoms with Gasteiger partial charge in [0.25, 0.3) is 0 Å². The molecule has 142 valence electrons. The predicted octanol–water partition coefficient (Wildman–Crippen LogP) is 2.72. The molecule has 3 aromatic heterocycles. The van der Waals surface area contributed by atoms with Crippen molar-refractivity contribution in [1.29, 1.82) is 0 Å². The second-order valence-corrected chi connectivity index (χ2v) is 4.28. The topological polar surface area (TPSA) is 171 Å². The second kappa shape index (κ2) is 12.8. The number of pyridine rings is 3. The largest absolute Gasteiger partial charge is 2.00 e. The van der Waals surface area contributed by atoms with Crippen molar-refractivity contribution >= 4 is 0 Å². The van der Waals surface area contributed by atoms with Gasteiger partial charge < -0.3 is 30.6 Å². The Bertz CT molecular complexity index is 760. The van der Waals surface area contributed by atoms with Crippen LogP contribution in [-0.2, 0) is 21.1 Å². The van der Waals surface area contributed by atoms with E-state index in [2.05, 4.69) is 15.0 Å². The molecule has 27 heavy (non-hydrogen) atoms. The molecule has 0 N–H and O–H groups in total. The zero-order chi connectivity index (χ0) is 19.4. The van der Waals surface area contributed by atoms with Gasteiger partial charge in [0.05, 0.1) is 27.3 Å². The average molecular weight is 552 g/mol. The summed E-state index contributed by atoms with van der Waals surface area (Å²) in [6, 6.07) is 15.6. The van der Waals surface area contributed by atoms with E-state index in [0.717, 1.165) is 22.6 Å². The first-order chi connectivity index (χ1) is 12.4. The molecule has 3 heterocycles. The molecule has 0 saturated carbocycles. The van der Waals surface area contributed by atoms with E-state index in [-0.39, 0.29) is 21.1 Å². The summed E-state index contributed by atoms with van der Waals surface area (Å²) < 4.78 is 0. The van der Waals surface area contributed by atoms with Gasteiger partial charge in [0.15, 0.2) is 0 Å². The van der Waals surface area contributed by atoms with Gasteiger partial charge in [0, 0.05) is 24.2 Å². The molecule has 3 rings (SSSR count). The van der Waals surface area contributed by atoms with Gasteiger partial charge in [-0.05, 0) is 36.4 Å². The van der Waals surface area contributed by atoms with Crippen LogP contribution in [0.25, 0.3) is 22.6 Å². The van der Waals surface area contributed by atoms with Crippen LogP contribution in [0.3, 0.4) is 0 Å². The number of nitrogens with zero attached hydrogens (tertiary/aromatic N) is 5. The molecule has 0 saturated heterocycles. The Labute approximate surface area is 166 Å². The van der Waals surface area contributed by atoms with Gasteiger partial charge >= 0.3 is 21.1 Å². The number of hydrogen-bond acceptors (Lipinski definition) is 9. The first-order valence-corrected chi connectivity index (χ1v) is 6.82. The van der Waals surface area contributed by atoms with E-state index in [1.807, 2.05) is 48.5 Å². The van der Waals surface area contributed by atoms with E-state index in [1.165, 1.54) is 0 Å². The minimum Gasteiger partial charge on any atom is -0.356 e. The van der Waals surface area contributed by atoms with Crippen molar-refractivity contribution in [3.05, 3.63) is 97.8 Å². The summed E-state index contributed by atoms with van der Waals surface area (Å²) in [6.07, 6.45) is 5.33. The summed E-state index contributed by atoms with van der Waals surface area (Å²) in [5.41, 5.74) is 3.62. The maximum Gasteiger partial charge on any atom is 2.00 e. The van der Waals surface area contributed by atoms with Crippen LogP contribution in [0.2, 0.25) is 0 Å². The van der Waals surface area contributed by atoms with Crippen molar-refractivity contribution in [2.24, 2.45) is 0 Å². The Morgan fingerprint density at radius 3 is 1.52 bits per heavy atom. The van der Waals surface area contributed by atoms with Crippen molar-refractivity contribution in [2.45, 2.75) is 0 Å². The third-order valence-electron chi connectivity index (χ3n) is 2.66. The van der Waals surface area contributed by atoms with Crippen LogP contribution in [0, 0.1) is 30.6 Å². The summed E-state index contributed by atoms with van der Waals surface area (Å²) >= 11 is 0. The Morgan fingerprint density at radius 1 is 0.630 bits per heavy atom. The van der Waals surface area contributed by atoms with Gasteiger partial charge in [-0.25, -0.2) is 0 Å². The number of rotatable bonds is 2. The molecule has 3 aromatic rings. The van der Waals surface area contributed by atoms with Gasteiger partial charge in [-0.1, -0.05) is 12.1 Å². The normalized spacial score (nSPS) is 8.59. The van der Waals surface area contributed by atoms with Gasteiger partial charge in [-0.3, -0.25) is 15.0 Å². The first kappa shape index (κ1) is 23.5. The van der Waals surface area contributed by atoms with Crippen LogP contribution >= 0.6 is 0 Å². The maximum atomic E-state index is 8.25. The molecule has 0 atom stereocenters. The first-order valence-electron chi connectivity index (χ1n) is 6.82. The van der Waals surface area contributed by atoms with Crippen LogP contribution in [0.1, 0.15) is 0 Å². The molecule has 0 aliphatic rings. The molecule has 12 heteroatoms. The Kier molecular flexibility index (Phi) is 11.2. The predicted molar refractivity (Wildman–Crippen MR) is 91.4 cm³/mol.